The van der Waals surface area contributed by atoms with Gasteiger partial charge in [0.2, 0.25) is 5.91 Å². The summed E-state index contributed by atoms with van der Waals surface area (Å²) in [7, 11) is 3.32. The Morgan fingerprint density at radius 2 is 1.75 bits per heavy atom. The van der Waals surface area contributed by atoms with E-state index in [0.717, 1.165) is 36.4 Å². The molecule has 1 heterocycles. The maximum absolute atomic E-state index is 13.6. The molecule has 2 atom stereocenters. The molecule has 0 fully saturated rings. The lowest BCUT2D eigenvalue weighted by molar-refractivity contribution is -0.137. The van der Waals surface area contributed by atoms with Gasteiger partial charge in [0.1, 0.15) is 0 Å². The van der Waals surface area contributed by atoms with Crippen LogP contribution in [0, 0.1) is 5.92 Å². The Morgan fingerprint density at radius 1 is 1.11 bits per heavy atom. The molecule has 3 rings (SSSR count). The van der Waals surface area contributed by atoms with Crippen LogP contribution in [-0.4, -0.2) is 31.6 Å². The van der Waals surface area contributed by atoms with E-state index in [-0.39, 0.29) is 17.9 Å². The van der Waals surface area contributed by atoms with E-state index in [4.69, 9.17) is 9.47 Å². The van der Waals surface area contributed by atoms with Gasteiger partial charge in [-0.05, 0) is 47.6 Å². The molecule has 28 heavy (non-hydrogen) atoms. The maximum Gasteiger partial charge on any atom is 0.230 e. The number of nitrogens with zero attached hydrogens (tertiary/aromatic N) is 1. The zero-order valence-electron chi connectivity index (χ0n) is 17.6. The Kier molecular flexibility index (Phi) is 6.28. The molecule has 1 aliphatic rings. The van der Waals surface area contributed by atoms with Crippen LogP contribution < -0.4 is 9.47 Å². The van der Waals surface area contributed by atoms with Gasteiger partial charge < -0.3 is 14.4 Å². The fourth-order valence-corrected chi connectivity index (χ4v) is 4.38. The van der Waals surface area contributed by atoms with Crippen LogP contribution in [-0.2, 0) is 11.2 Å². The smallest absolute Gasteiger partial charge is 0.230 e. The molecule has 0 N–H and O–H groups in total. The molecule has 0 aliphatic carbocycles. The predicted octanol–water partition coefficient (Wildman–Crippen LogP) is 4.98. The van der Waals surface area contributed by atoms with Crippen molar-refractivity contribution in [2.24, 2.45) is 5.92 Å². The number of carbonyl (C=O) groups excluding carboxylic acids is 1. The van der Waals surface area contributed by atoms with E-state index in [1.165, 1.54) is 11.1 Å². The van der Waals surface area contributed by atoms with E-state index >= 15 is 0 Å². The second-order valence-corrected chi connectivity index (χ2v) is 7.75. The molecular weight excluding hydrogens is 350 g/mol. The van der Waals surface area contributed by atoms with Gasteiger partial charge in [0.15, 0.2) is 11.5 Å². The SMILES string of the molecule is CCC(C(=O)N1CCc2cc(OC)c(OC)cc2C1C(C)C)c1ccccc1. The molecule has 0 saturated carbocycles. The summed E-state index contributed by atoms with van der Waals surface area (Å²) in [6.07, 6.45) is 1.62. The van der Waals surface area contributed by atoms with Crippen LogP contribution in [0.1, 0.15) is 55.8 Å². The van der Waals surface area contributed by atoms with Crippen molar-refractivity contribution in [1.82, 2.24) is 4.90 Å². The quantitative estimate of drug-likeness (QED) is 0.708. The molecule has 0 spiro atoms. The van der Waals surface area contributed by atoms with E-state index in [1.54, 1.807) is 14.2 Å². The maximum atomic E-state index is 13.6. The first-order valence-corrected chi connectivity index (χ1v) is 10.1. The molecule has 2 aromatic carbocycles. The van der Waals surface area contributed by atoms with Gasteiger partial charge in [-0.1, -0.05) is 51.1 Å². The van der Waals surface area contributed by atoms with E-state index in [1.807, 2.05) is 18.2 Å². The fourth-order valence-electron chi connectivity index (χ4n) is 4.38. The van der Waals surface area contributed by atoms with Gasteiger partial charge >= 0.3 is 0 Å². The largest absolute Gasteiger partial charge is 0.493 e. The standard InChI is InChI=1S/C24H31NO3/c1-6-19(17-10-8-7-9-11-17)24(26)25-13-12-18-14-21(27-4)22(28-5)15-20(18)23(25)16(2)3/h7-11,14-16,19,23H,6,12-13H2,1-5H3. The number of carbonyl (C=O) groups is 1. The predicted molar refractivity (Wildman–Crippen MR) is 112 cm³/mol. The summed E-state index contributed by atoms with van der Waals surface area (Å²) in [6, 6.07) is 14.3. The van der Waals surface area contributed by atoms with Gasteiger partial charge in [-0.25, -0.2) is 0 Å². The van der Waals surface area contributed by atoms with E-state index in [0.29, 0.717) is 5.92 Å². The zero-order chi connectivity index (χ0) is 20.3. The number of amides is 1. The van der Waals surface area contributed by atoms with Crippen LogP contribution in [0.2, 0.25) is 0 Å². The number of rotatable bonds is 6. The van der Waals surface area contributed by atoms with Crippen LogP contribution >= 0.6 is 0 Å². The highest BCUT2D eigenvalue weighted by Crippen LogP contribution is 2.42. The third-order valence-corrected chi connectivity index (χ3v) is 5.74. The summed E-state index contributed by atoms with van der Waals surface area (Å²) in [4.78, 5) is 15.7. The van der Waals surface area contributed by atoms with Gasteiger partial charge in [-0.2, -0.15) is 0 Å². The highest BCUT2D eigenvalue weighted by atomic mass is 16.5. The summed E-state index contributed by atoms with van der Waals surface area (Å²) >= 11 is 0. The lowest BCUT2D eigenvalue weighted by Gasteiger charge is -2.41. The van der Waals surface area contributed by atoms with Crippen molar-refractivity contribution in [2.45, 2.75) is 45.6 Å². The second-order valence-electron chi connectivity index (χ2n) is 7.75. The number of methoxy groups -OCH3 is 2. The fraction of sp³-hybridized carbons (Fsp3) is 0.458. The van der Waals surface area contributed by atoms with Crippen LogP contribution in [0.5, 0.6) is 11.5 Å². The highest BCUT2D eigenvalue weighted by molar-refractivity contribution is 5.84. The molecule has 1 aliphatic heterocycles. The minimum Gasteiger partial charge on any atom is -0.493 e. The first-order valence-electron chi connectivity index (χ1n) is 10.1. The van der Waals surface area contributed by atoms with Crippen molar-refractivity contribution in [3.8, 4) is 11.5 Å². The molecule has 2 unspecified atom stereocenters. The van der Waals surface area contributed by atoms with E-state index in [9.17, 15) is 4.79 Å². The zero-order valence-corrected chi connectivity index (χ0v) is 17.6. The minimum atomic E-state index is -0.107. The topological polar surface area (TPSA) is 38.8 Å². The van der Waals surface area contributed by atoms with Crippen LogP contribution in [0.3, 0.4) is 0 Å². The monoisotopic (exact) mass is 381 g/mol. The highest BCUT2D eigenvalue weighted by Gasteiger charge is 2.36. The minimum absolute atomic E-state index is 0.0359. The molecule has 0 saturated heterocycles. The van der Waals surface area contributed by atoms with E-state index in [2.05, 4.69) is 49.9 Å². The lowest BCUT2D eigenvalue weighted by Crippen LogP contribution is -2.44. The number of hydrogen-bond acceptors (Lipinski definition) is 3. The molecule has 4 nitrogen and oxygen atoms in total. The average molecular weight is 382 g/mol. The van der Waals surface area contributed by atoms with Gasteiger partial charge in [0.25, 0.3) is 0 Å². The summed E-state index contributed by atoms with van der Waals surface area (Å²) < 4.78 is 11.0. The van der Waals surface area contributed by atoms with Gasteiger partial charge in [-0.15, -0.1) is 0 Å². The molecule has 0 bridgehead atoms. The van der Waals surface area contributed by atoms with Gasteiger partial charge in [-0.3, -0.25) is 4.79 Å². The Labute approximate surface area is 168 Å². The summed E-state index contributed by atoms with van der Waals surface area (Å²) in [6.45, 7) is 7.18. The average Bonchev–Trinajstić information content (AvgIpc) is 2.72. The number of hydrogen-bond donors (Lipinski definition) is 0. The third-order valence-electron chi connectivity index (χ3n) is 5.74. The van der Waals surface area contributed by atoms with Crippen LogP contribution in [0.25, 0.3) is 0 Å². The van der Waals surface area contributed by atoms with Crippen molar-refractivity contribution in [1.29, 1.82) is 0 Å². The molecule has 1 amide bonds. The van der Waals surface area contributed by atoms with E-state index < -0.39 is 0 Å². The number of fused-ring (bicyclic) bond motifs is 1. The molecule has 150 valence electrons. The first kappa shape index (κ1) is 20.2. The Bertz CT molecular complexity index is 816. The summed E-state index contributed by atoms with van der Waals surface area (Å²) in [5.41, 5.74) is 3.51. The molecule has 2 aromatic rings. The van der Waals surface area contributed by atoms with Gasteiger partial charge in [0.05, 0.1) is 26.2 Å². The third kappa shape index (κ3) is 3.73. The second kappa shape index (κ2) is 8.68. The van der Waals surface area contributed by atoms with Crippen molar-refractivity contribution in [3.05, 3.63) is 59.2 Å². The van der Waals surface area contributed by atoms with Crippen molar-refractivity contribution >= 4 is 5.91 Å². The lowest BCUT2D eigenvalue weighted by atomic mass is 9.84. The van der Waals surface area contributed by atoms with Crippen molar-refractivity contribution < 1.29 is 14.3 Å². The normalized spacial score (nSPS) is 17.2. The molecule has 0 aromatic heterocycles. The summed E-state index contributed by atoms with van der Waals surface area (Å²) in [5.74, 6) is 1.88. The Balaban J connectivity index is 2.00. The van der Waals surface area contributed by atoms with Crippen LogP contribution in [0.15, 0.2) is 42.5 Å². The van der Waals surface area contributed by atoms with Crippen molar-refractivity contribution in [2.75, 3.05) is 20.8 Å². The van der Waals surface area contributed by atoms with Crippen LogP contribution in [0.4, 0.5) is 0 Å². The Hall–Kier alpha value is -2.49. The summed E-state index contributed by atoms with van der Waals surface area (Å²) in [5, 5.41) is 0. The van der Waals surface area contributed by atoms with Gasteiger partial charge in [0, 0.05) is 6.54 Å². The van der Waals surface area contributed by atoms with Crippen molar-refractivity contribution in [3.63, 3.8) is 0 Å². The number of ether oxygens (including phenoxy) is 2. The Morgan fingerprint density at radius 3 is 2.32 bits per heavy atom. The first-order chi connectivity index (χ1) is 13.5. The molecular formula is C24H31NO3. The molecule has 4 heteroatoms. The molecule has 0 radical (unpaired) electrons. The number of benzene rings is 2.